The van der Waals surface area contributed by atoms with Crippen molar-refractivity contribution in [1.29, 1.82) is 0 Å². The Morgan fingerprint density at radius 2 is 1.67 bits per heavy atom. The van der Waals surface area contributed by atoms with Crippen LogP contribution in [0.25, 0.3) is 0 Å². The van der Waals surface area contributed by atoms with E-state index in [1.807, 2.05) is 0 Å². The summed E-state index contributed by atoms with van der Waals surface area (Å²) in [5.41, 5.74) is 0. The Labute approximate surface area is 113 Å². The third kappa shape index (κ3) is 4.87. The van der Waals surface area contributed by atoms with Gasteiger partial charge in [0.15, 0.2) is 0 Å². The van der Waals surface area contributed by atoms with Crippen LogP contribution in [0.3, 0.4) is 0 Å². The van der Waals surface area contributed by atoms with Crippen LogP contribution in [0.5, 0.6) is 0 Å². The summed E-state index contributed by atoms with van der Waals surface area (Å²) in [6.07, 6.45) is 3.09. The fourth-order valence-corrected chi connectivity index (χ4v) is 2.62. The minimum Gasteiger partial charge on any atom is -0.384 e. The Morgan fingerprint density at radius 1 is 1.11 bits per heavy atom. The molecule has 0 bridgehead atoms. The van der Waals surface area contributed by atoms with E-state index in [2.05, 4.69) is 32.6 Å². The molecule has 0 spiro atoms. The Morgan fingerprint density at radius 3 is 2.11 bits per heavy atom. The number of morpholine rings is 1. The zero-order chi connectivity index (χ0) is 13.5. The summed E-state index contributed by atoms with van der Waals surface area (Å²) < 4.78 is 11.3. The van der Waals surface area contributed by atoms with Crippen molar-refractivity contribution >= 4 is 0 Å². The van der Waals surface area contributed by atoms with E-state index in [1.165, 1.54) is 6.54 Å². The first-order chi connectivity index (χ1) is 8.60. The Kier molecular flexibility index (Phi) is 7.20. The Hall–Kier alpha value is -0.120. The minimum atomic E-state index is 0.425. The highest BCUT2D eigenvalue weighted by molar-refractivity contribution is 4.78. The van der Waals surface area contributed by atoms with Gasteiger partial charge in [0, 0.05) is 33.4 Å². The molecule has 0 aromatic heterocycles. The van der Waals surface area contributed by atoms with Gasteiger partial charge in [0.25, 0.3) is 0 Å². The molecule has 4 atom stereocenters. The van der Waals surface area contributed by atoms with Gasteiger partial charge in [0.1, 0.15) is 0 Å². The maximum Gasteiger partial charge on any atom is 0.0703 e. The molecule has 1 saturated heterocycles. The van der Waals surface area contributed by atoms with Gasteiger partial charge in [0.2, 0.25) is 0 Å². The minimum absolute atomic E-state index is 0.425. The van der Waals surface area contributed by atoms with Crippen molar-refractivity contribution in [3.63, 3.8) is 0 Å². The predicted molar refractivity (Wildman–Crippen MR) is 75.9 cm³/mol. The number of hydrogen-bond donors (Lipinski definition) is 0. The van der Waals surface area contributed by atoms with Crippen LogP contribution in [0.2, 0.25) is 0 Å². The molecule has 0 saturated carbocycles. The summed E-state index contributed by atoms with van der Waals surface area (Å²) >= 11 is 0. The van der Waals surface area contributed by atoms with Crippen molar-refractivity contribution in [3.05, 3.63) is 0 Å². The summed E-state index contributed by atoms with van der Waals surface area (Å²) in [4.78, 5) is 2.59. The summed E-state index contributed by atoms with van der Waals surface area (Å²) in [5, 5.41) is 0. The topological polar surface area (TPSA) is 21.7 Å². The lowest BCUT2D eigenvalue weighted by atomic mass is 9.95. The van der Waals surface area contributed by atoms with E-state index in [0.29, 0.717) is 24.0 Å². The molecule has 0 aliphatic carbocycles. The molecule has 3 heteroatoms. The molecular formula is C15H31NO2. The van der Waals surface area contributed by atoms with Gasteiger partial charge >= 0.3 is 0 Å². The van der Waals surface area contributed by atoms with E-state index < -0.39 is 0 Å². The Balaban J connectivity index is 2.44. The van der Waals surface area contributed by atoms with Gasteiger partial charge in [-0.15, -0.1) is 0 Å². The summed E-state index contributed by atoms with van der Waals surface area (Å²) in [5.74, 6) is 1.30. The summed E-state index contributed by atoms with van der Waals surface area (Å²) in [6, 6.07) is 0. The number of rotatable bonds is 7. The molecule has 1 rings (SSSR count). The normalized spacial score (nSPS) is 29.2. The lowest BCUT2D eigenvalue weighted by molar-refractivity contribution is -0.0914. The fourth-order valence-electron chi connectivity index (χ4n) is 2.62. The van der Waals surface area contributed by atoms with Gasteiger partial charge in [-0.1, -0.05) is 27.7 Å². The number of methoxy groups -OCH3 is 1. The van der Waals surface area contributed by atoms with Crippen LogP contribution in [-0.4, -0.2) is 50.5 Å². The molecule has 3 nitrogen and oxygen atoms in total. The van der Waals surface area contributed by atoms with E-state index in [0.717, 1.165) is 32.5 Å². The molecule has 0 aromatic carbocycles. The summed E-state index contributed by atoms with van der Waals surface area (Å²) in [6.45, 7) is 13.3. The lowest BCUT2D eigenvalue weighted by Crippen LogP contribution is -2.49. The molecule has 0 aromatic rings. The van der Waals surface area contributed by atoms with E-state index in [1.54, 1.807) is 7.11 Å². The molecule has 1 unspecified atom stereocenters. The second-order valence-corrected chi connectivity index (χ2v) is 5.83. The van der Waals surface area contributed by atoms with Gasteiger partial charge in [-0.25, -0.2) is 0 Å². The first-order valence-corrected chi connectivity index (χ1v) is 7.47. The first kappa shape index (κ1) is 15.9. The van der Waals surface area contributed by atoms with E-state index in [4.69, 9.17) is 9.47 Å². The lowest BCUT2D eigenvalue weighted by Gasteiger charge is -2.39. The molecule has 1 aliphatic rings. The molecule has 108 valence electrons. The molecular weight excluding hydrogens is 226 g/mol. The van der Waals surface area contributed by atoms with Crippen molar-refractivity contribution in [2.75, 3.05) is 33.4 Å². The SMILES string of the molecule is CC[C@@H]1CN(CC(C)[C@@H](C)COC)C[C@H](CC)O1. The van der Waals surface area contributed by atoms with Crippen LogP contribution >= 0.6 is 0 Å². The molecule has 0 amide bonds. The van der Waals surface area contributed by atoms with Crippen LogP contribution in [-0.2, 0) is 9.47 Å². The fraction of sp³-hybridized carbons (Fsp3) is 1.00. The van der Waals surface area contributed by atoms with Crippen LogP contribution in [0, 0.1) is 11.8 Å². The van der Waals surface area contributed by atoms with Gasteiger partial charge < -0.3 is 9.47 Å². The molecule has 1 heterocycles. The third-order valence-electron chi connectivity index (χ3n) is 4.17. The van der Waals surface area contributed by atoms with E-state index in [-0.39, 0.29) is 0 Å². The third-order valence-corrected chi connectivity index (χ3v) is 4.17. The van der Waals surface area contributed by atoms with Crippen molar-refractivity contribution < 1.29 is 9.47 Å². The van der Waals surface area contributed by atoms with Crippen molar-refractivity contribution in [3.8, 4) is 0 Å². The maximum absolute atomic E-state index is 6.04. The molecule has 0 radical (unpaired) electrons. The van der Waals surface area contributed by atoms with E-state index >= 15 is 0 Å². The van der Waals surface area contributed by atoms with Gasteiger partial charge in [0.05, 0.1) is 12.2 Å². The maximum atomic E-state index is 6.04. The molecule has 0 N–H and O–H groups in total. The van der Waals surface area contributed by atoms with Crippen LogP contribution in [0.4, 0.5) is 0 Å². The van der Waals surface area contributed by atoms with Crippen molar-refractivity contribution in [2.24, 2.45) is 11.8 Å². The molecule has 1 fully saturated rings. The number of hydrogen-bond acceptors (Lipinski definition) is 3. The summed E-state index contributed by atoms with van der Waals surface area (Å²) in [7, 11) is 1.79. The zero-order valence-electron chi connectivity index (χ0n) is 12.8. The highest BCUT2D eigenvalue weighted by Gasteiger charge is 2.27. The average Bonchev–Trinajstić information content (AvgIpc) is 2.38. The van der Waals surface area contributed by atoms with Crippen molar-refractivity contribution in [2.45, 2.75) is 52.7 Å². The Bertz CT molecular complexity index is 211. The zero-order valence-corrected chi connectivity index (χ0v) is 12.8. The monoisotopic (exact) mass is 257 g/mol. The second kappa shape index (κ2) is 8.13. The standard InChI is InChI=1S/C15H31NO2/c1-6-14-9-16(10-15(7-2)18-14)8-12(3)13(4)11-17-5/h12-15H,6-11H2,1-5H3/t12?,13-,14-,15+/m0/s1. The highest BCUT2D eigenvalue weighted by Crippen LogP contribution is 2.19. The second-order valence-electron chi connectivity index (χ2n) is 5.83. The number of ether oxygens (including phenoxy) is 2. The largest absolute Gasteiger partial charge is 0.384 e. The quantitative estimate of drug-likeness (QED) is 0.700. The highest BCUT2D eigenvalue weighted by atomic mass is 16.5. The van der Waals surface area contributed by atoms with Crippen LogP contribution in [0.1, 0.15) is 40.5 Å². The van der Waals surface area contributed by atoms with Crippen LogP contribution in [0.15, 0.2) is 0 Å². The predicted octanol–water partition coefficient (Wildman–Crippen LogP) is 2.79. The molecule has 18 heavy (non-hydrogen) atoms. The first-order valence-electron chi connectivity index (χ1n) is 7.47. The number of nitrogens with zero attached hydrogens (tertiary/aromatic N) is 1. The average molecular weight is 257 g/mol. The van der Waals surface area contributed by atoms with Gasteiger partial charge in [-0.05, 0) is 24.7 Å². The van der Waals surface area contributed by atoms with Crippen LogP contribution < -0.4 is 0 Å². The van der Waals surface area contributed by atoms with Crippen molar-refractivity contribution in [1.82, 2.24) is 4.90 Å². The van der Waals surface area contributed by atoms with Gasteiger partial charge in [-0.3, -0.25) is 4.90 Å². The van der Waals surface area contributed by atoms with E-state index in [9.17, 15) is 0 Å². The molecule has 1 aliphatic heterocycles. The van der Waals surface area contributed by atoms with Gasteiger partial charge in [-0.2, -0.15) is 0 Å². The smallest absolute Gasteiger partial charge is 0.0703 e.